The van der Waals surface area contributed by atoms with Gasteiger partial charge in [-0.1, -0.05) is 41.0 Å². The van der Waals surface area contributed by atoms with Gasteiger partial charge in [0, 0.05) is 22.5 Å². The van der Waals surface area contributed by atoms with E-state index in [1.54, 1.807) is 13.8 Å². The summed E-state index contributed by atoms with van der Waals surface area (Å²) in [6, 6.07) is 0. The van der Waals surface area contributed by atoms with E-state index in [0.29, 0.717) is 6.42 Å². The normalized spacial score (nSPS) is 28.0. The quantitative estimate of drug-likeness (QED) is 0.409. The Kier molecular flexibility index (Phi) is 3.72. The lowest BCUT2D eigenvalue weighted by Gasteiger charge is -2.52. The average molecular weight is 346 g/mol. The fraction of sp³-hybridized carbons (Fsp3) is 0.600. The molecule has 0 aliphatic heterocycles. The number of hydrogen-bond donors (Lipinski definition) is 3. The molecular weight excluding hydrogens is 320 g/mol. The molecule has 0 bridgehead atoms. The number of hydrogen-bond acceptors (Lipinski definition) is 5. The van der Waals surface area contributed by atoms with Crippen molar-refractivity contribution in [2.75, 3.05) is 0 Å². The molecule has 5 nitrogen and oxygen atoms in total. The van der Waals surface area contributed by atoms with E-state index in [9.17, 15) is 24.9 Å². The number of carbonyl (C=O) groups is 2. The number of carbonyl (C=O) groups excluding carboxylic acids is 2. The molecule has 2 aliphatic carbocycles. The number of rotatable bonds is 1. The molecule has 2 aliphatic rings. The molecule has 0 aromatic heterocycles. The Bertz CT molecular complexity index is 790. The van der Waals surface area contributed by atoms with Gasteiger partial charge < -0.3 is 15.3 Å². The van der Waals surface area contributed by atoms with Crippen LogP contribution in [0.25, 0.3) is 0 Å². The molecule has 1 aromatic carbocycles. The summed E-state index contributed by atoms with van der Waals surface area (Å²) in [6.45, 7) is 9.26. The Morgan fingerprint density at radius 2 is 1.56 bits per heavy atom. The van der Waals surface area contributed by atoms with Crippen LogP contribution >= 0.6 is 0 Å². The van der Waals surface area contributed by atoms with Crippen LogP contribution in [0.3, 0.4) is 0 Å². The zero-order valence-corrected chi connectivity index (χ0v) is 15.4. The Hall–Kier alpha value is -2.04. The third kappa shape index (κ3) is 2.14. The van der Waals surface area contributed by atoms with Crippen LogP contribution in [0, 0.1) is 11.3 Å². The molecule has 5 heteroatoms. The molecular formula is C20H26O5. The van der Waals surface area contributed by atoms with Crippen LogP contribution in [0.2, 0.25) is 0 Å². The van der Waals surface area contributed by atoms with E-state index in [2.05, 4.69) is 0 Å². The minimum atomic E-state index is -0.795. The molecule has 0 amide bonds. The van der Waals surface area contributed by atoms with Crippen LogP contribution in [0.4, 0.5) is 0 Å². The lowest BCUT2D eigenvalue weighted by atomic mass is 9.49. The molecule has 0 spiro atoms. The van der Waals surface area contributed by atoms with Crippen LogP contribution in [0.1, 0.15) is 81.3 Å². The number of phenols is 3. The van der Waals surface area contributed by atoms with Crippen LogP contribution in [0.5, 0.6) is 17.2 Å². The summed E-state index contributed by atoms with van der Waals surface area (Å²) in [7, 11) is 0. The highest BCUT2D eigenvalue weighted by Gasteiger charge is 2.59. The molecule has 2 unspecified atom stereocenters. The fourth-order valence-corrected chi connectivity index (χ4v) is 5.28. The van der Waals surface area contributed by atoms with E-state index < -0.39 is 34.1 Å². The van der Waals surface area contributed by atoms with Gasteiger partial charge in [-0.3, -0.25) is 9.59 Å². The first-order chi connectivity index (χ1) is 11.4. The van der Waals surface area contributed by atoms with Gasteiger partial charge in [0.25, 0.3) is 0 Å². The molecule has 1 fully saturated rings. The van der Waals surface area contributed by atoms with Gasteiger partial charge in [0.2, 0.25) is 11.6 Å². The largest absolute Gasteiger partial charge is 0.507 e. The summed E-state index contributed by atoms with van der Waals surface area (Å²) >= 11 is 0. The number of Topliss-reactive ketones (excluding diaryl/α,β-unsaturated/α-hetero) is 2. The molecule has 1 saturated carbocycles. The first-order valence-electron chi connectivity index (χ1n) is 8.85. The van der Waals surface area contributed by atoms with E-state index in [4.69, 9.17) is 0 Å². The van der Waals surface area contributed by atoms with Gasteiger partial charge in [-0.15, -0.1) is 0 Å². The van der Waals surface area contributed by atoms with Gasteiger partial charge in [0.1, 0.15) is 5.75 Å². The van der Waals surface area contributed by atoms with Crippen molar-refractivity contribution in [3.8, 4) is 17.2 Å². The number of fused-ring (bicyclic) bond motifs is 3. The van der Waals surface area contributed by atoms with Gasteiger partial charge in [-0.2, -0.15) is 0 Å². The molecule has 0 heterocycles. The van der Waals surface area contributed by atoms with Crippen molar-refractivity contribution in [2.24, 2.45) is 11.3 Å². The number of aromatic hydroxyl groups is 3. The van der Waals surface area contributed by atoms with Crippen LogP contribution in [0.15, 0.2) is 0 Å². The smallest absolute Gasteiger partial charge is 0.233 e. The SMILES string of the molecule is CC(C)c1c(O)c(O)c2c(c1O)C(=O)C(=O)C1C(C)(C)CCCC21C. The van der Waals surface area contributed by atoms with Gasteiger partial charge in [-0.05, 0) is 24.2 Å². The third-order valence-electron chi connectivity index (χ3n) is 6.26. The summed E-state index contributed by atoms with van der Waals surface area (Å²) in [5, 5.41) is 31.9. The van der Waals surface area contributed by atoms with E-state index >= 15 is 0 Å². The second-order valence-corrected chi connectivity index (χ2v) is 8.75. The zero-order valence-electron chi connectivity index (χ0n) is 15.4. The minimum Gasteiger partial charge on any atom is -0.507 e. The Morgan fingerprint density at radius 1 is 0.960 bits per heavy atom. The van der Waals surface area contributed by atoms with Crippen LogP contribution in [-0.4, -0.2) is 26.9 Å². The number of ketones is 2. The standard InChI is InChI=1S/C20H26O5/c1-9(2)10-13(21)11-12(16(24)14(10)22)20(5)8-6-7-19(3,4)18(20)17(25)15(11)23/h9,18,21-22,24H,6-8H2,1-5H3. The van der Waals surface area contributed by atoms with E-state index in [1.807, 2.05) is 20.8 Å². The maximum Gasteiger partial charge on any atom is 0.233 e. The van der Waals surface area contributed by atoms with Crippen molar-refractivity contribution in [3.63, 3.8) is 0 Å². The summed E-state index contributed by atoms with van der Waals surface area (Å²) in [5.41, 5.74) is -0.980. The molecule has 2 atom stereocenters. The first kappa shape index (κ1) is 17.8. The number of phenolic OH excluding ortho intramolecular Hbond substituents is 3. The van der Waals surface area contributed by atoms with Gasteiger partial charge in [-0.25, -0.2) is 0 Å². The Morgan fingerprint density at radius 3 is 2.12 bits per heavy atom. The van der Waals surface area contributed by atoms with E-state index in [0.717, 1.165) is 12.8 Å². The topological polar surface area (TPSA) is 94.8 Å². The first-order valence-corrected chi connectivity index (χ1v) is 8.85. The molecule has 1 aromatic rings. The van der Waals surface area contributed by atoms with E-state index in [1.165, 1.54) is 0 Å². The summed E-state index contributed by atoms with van der Waals surface area (Å²) in [5.74, 6) is -3.30. The Labute approximate surface area is 147 Å². The summed E-state index contributed by atoms with van der Waals surface area (Å²) in [6.07, 6.45) is 2.26. The van der Waals surface area contributed by atoms with Crippen molar-refractivity contribution in [2.45, 2.75) is 65.2 Å². The number of benzene rings is 1. The Balaban J connectivity index is 2.43. The second kappa shape index (κ2) is 5.23. The fourth-order valence-electron chi connectivity index (χ4n) is 5.28. The van der Waals surface area contributed by atoms with Crippen molar-refractivity contribution >= 4 is 11.6 Å². The third-order valence-corrected chi connectivity index (χ3v) is 6.26. The lowest BCUT2D eigenvalue weighted by Crippen LogP contribution is -2.54. The monoisotopic (exact) mass is 346 g/mol. The molecule has 3 rings (SSSR count). The average Bonchev–Trinajstić information content (AvgIpc) is 2.47. The predicted molar refractivity (Wildman–Crippen MR) is 93.3 cm³/mol. The highest BCUT2D eigenvalue weighted by Crippen LogP contribution is 2.61. The second-order valence-electron chi connectivity index (χ2n) is 8.75. The molecule has 0 saturated heterocycles. The van der Waals surface area contributed by atoms with Gasteiger partial charge in [0.05, 0.1) is 5.56 Å². The van der Waals surface area contributed by atoms with Crippen molar-refractivity contribution in [1.29, 1.82) is 0 Å². The molecule has 3 N–H and O–H groups in total. The minimum absolute atomic E-state index is 0.106. The van der Waals surface area contributed by atoms with Crippen molar-refractivity contribution in [3.05, 3.63) is 16.7 Å². The lowest BCUT2D eigenvalue weighted by molar-refractivity contribution is -0.128. The van der Waals surface area contributed by atoms with Crippen molar-refractivity contribution in [1.82, 2.24) is 0 Å². The summed E-state index contributed by atoms with van der Waals surface area (Å²) in [4.78, 5) is 25.8. The van der Waals surface area contributed by atoms with Gasteiger partial charge >= 0.3 is 0 Å². The van der Waals surface area contributed by atoms with Crippen molar-refractivity contribution < 1.29 is 24.9 Å². The molecule has 0 radical (unpaired) electrons. The maximum atomic E-state index is 13.0. The van der Waals surface area contributed by atoms with E-state index in [-0.39, 0.29) is 34.1 Å². The van der Waals surface area contributed by atoms with Crippen LogP contribution < -0.4 is 0 Å². The predicted octanol–water partition coefficient (Wildman–Crippen LogP) is 3.78. The molecule has 136 valence electrons. The van der Waals surface area contributed by atoms with Gasteiger partial charge in [0.15, 0.2) is 11.5 Å². The highest BCUT2D eigenvalue weighted by molar-refractivity contribution is 6.47. The maximum absolute atomic E-state index is 13.0. The highest BCUT2D eigenvalue weighted by atomic mass is 16.3. The summed E-state index contributed by atoms with van der Waals surface area (Å²) < 4.78 is 0. The molecule has 25 heavy (non-hydrogen) atoms. The van der Waals surface area contributed by atoms with Crippen LogP contribution in [-0.2, 0) is 10.2 Å². The zero-order chi connectivity index (χ0) is 18.9.